The van der Waals surface area contributed by atoms with Crippen LogP contribution in [0.2, 0.25) is 0 Å². The number of aromatic nitrogens is 2. The van der Waals surface area contributed by atoms with Gasteiger partial charge in [-0.25, -0.2) is 9.97 Å². The van der Waals surface area contributed by atoms with Gasteiger partial charge in [0.05, 0.1) is 12.2 Å². The van der Waals surface area contributed by atoms with Crippen LogP contribution in [-0.2, 0) is 6.18 Å². The molecule has 0 spiro atoms. The number of halogens is 3. The highest BCUT2D eigenvalue weighted by molar-refractivity contribution is 5.93. The lowest BCUT2D eigenvalue weighted by Gasteiger charge is -2.16. The second-order valence-electron chi connectivity index (χ2n) is 6.34. The van der Waals surface area contributed by atoms with Gasteiger partial charge in [0.2, 0.25) is 5.96 Å². The summed E-state index contributed by atoms with van der Waals surface area (Å²) in [5.41, 5.74) is 6.48. The average molecular weight is 395 g/mol. The van der Waals surface area contributed by atoms with Crippen LogP contribution in [0.3, 0.4) is 0 Å². The maximum absolute atomic E-state index is 13.4. The van der Waals surface area contributed by atoms with Crippen LogP contribution < -0.4 is 15.8 Å². The number of anilines is 1. The molecular formula is C19H24F3N5O. The van der Waals surface area contributed by atoms with E-state index in [1.165, 1.54) is 12.1 Å². The molecule has 1 aromatic carbocycles. The number of unbranched alkanes of at least 4 members (excludes halogenated alkanes) is 2. The molecular weight excluding hydrogens is 371 g/mol. The Bertz CT molecular complexity index is 817. The lowest BCUT2D eigenvalue weighted by molar-refractivity contribution is -0.138. The molecule has 0 aliphatic heterocycles. The van der Waals surface area contributed by atoms with E-state index in [-0.39, 0.29) is 30.0 Å². The molecule has 0 fully saturated rings. The first kappa shape index (κ1) is 21.5. The molecule has 0 bridgehead atoms. The van der Waals surface area contributed by atoms with Gasteiger partial charge in [0.15, 0.2) is 0 Å². The Hall–Kier alpha value is -2.84. The molecule has 3 N–H and O–H groups in total. The van der Waals surface area contributed by atoms with Crippen molar-refractivity contribution < 1.29 is 17.9 Å². The van der Waals surface area contributed by atoms with Gasteiger partial charge in [0, 0.05) is 17.1 Å². The van der Waals surface area contributed by atoms with Crippen LogP contribution >= 0.6 is 0 Å². The lowest BCUT2D eigenvalue weighted by Crippen LogP contribution is -2.22. The Balaban J connectivity index is 2.19. The number of hydrogen-bond donors (Lipinski definition) is 2. The highest BCUT2D eigenvalue weighted by Gasteiger charge is 2.34. The van der Waals surface area contributed by atoms with E-state index in [1.54, 1.807) is 19.9 Å². The number of aryl methyl sites for hydroxylation is 2. The van der Waals surface area contributed by atoms with Crippen LogP contribution in [0.25, 0.3) is 0 Å². The molecule has 1 heterocycles. The Kier molecular flexibility index (Phi) is 7.19. The van der Waals surface area contributed by atoms with Crippen LogP contribution in [-0.4, -0.2) is 22.5 Å². The van der Waals surface area contributed by atoms with E-state index in [9.17, 15) is 13.2 Å². The maximum atomic E-state index is 13.4. The average Bonchev–Trinajstić information content (AvgIpc) is 2.57. The minimum Gasteiger partial charge on any atom is -0.493 e. The third kappa shape index (κ3) is 6.40. The molecule has 1 aromatic heterocycles. The summed E-state index contributed by atoms with van der Waals surface area (Å²) < 4.78 is 45.5. The molecule has 0 saturated heterocycles. The molecule has 0 aliphatic carbocycles. The Morgan fingerprint density at radius 2 is 1.82 bits per heavy atom. The molecule has 0 aliphatic rings. The standard InChI is InChI=1S/C19H24F3N5O/c1-4-5-6-9-28-16-8-7-14(11-15(16)19(20,21)22)26-17(23)27-18-24-12(2)10-13(3)25-18/h7-8,10-11H,4-6,9H2,1-3H3,(H3,23,24,25,26,27). The van der Waals surface area contributed by atoms with Gasteiger partial charge in [-0.15, -0.1) is 0 Å². The molecule has 0 atom stereocenters. The Morgan fingerprint density at radius 1 is 1.14 bits per heavy atom. The number of benzene rings is 1. The number of hydrogen-bond acceptors (Lipinski definition) is 4. The second-order valence-corrected chi connectivity index (χ2v) is 6.34. The summed E-state index contributed by atoms with van der Waals surface area (Å²) >= 11 is 0. The van der Waals surface area contributed by atoms with Gasteiger partial charge in [-0.3, -0.25) is 0 Å². The molecule has 9 heteroatoms. The zero-order valence-corrected chi connectivity index (χ0v) is 16.1. The van der Waals surface area contributed by atoms with Gasteiger partial charge in [0.25, 0.3) is 5.95 Å². The summed E-state index contributed by atoms with van der Waals surface area (Å²) in [6.07, 6.45) is -2.00. The van der Waals surface area contributed by atoms with Crippen LogP contribution in [0, 0.1) is 13.8 Å². The summed E-state index contributed by atoms with van der Waals surface area (Å²) in [6, 6.07) is 5.45. The number of alkyl halides is 3. The lowest BCUT2D eigenvalue weighted by atomic mass is 10.1. The second kappa shape index (κ2) is 9.38. The number of rotatable bonds is 7. The zero-order chi connectivity index (χ0) is 20.7. The number of ether oxygens (including phenoxy) is 1. The van der Waals surface area contributed by atoms with Crippen molar-refractivity contribution in [1.82, 2.24) is 9.97 Å². The zero-order valence-electron chi connectivity index (χ0n) is 16.1. The molecule has 0 saturated carbocycles. The topological polar surface area (TPSA) is 85.4 Å². The summed E-state index contributed by atoms with van der Waals surface area (Å²) in [7, 11) is 0. The van der Waals surface area contributed by atoms with Crippen molar-refractivity contribution in [1.29, 1.82) is 0 Å². The summed E-state index contributed by atoms with van der Waals surface area (Å²) in [5, 5.41) is 2.64. The first-order valence-corrected chi connectivity index (χ1v) is 8.96. The van der Waals surface area contributed by atoms with Crippen molar-refractivity contribution in [3.63, 3.8) is 0 Å². The third-order valence-corrected chi connectivity index (χ3v) is 3.75. The quantitative estimate of drug-likeness (QED) is 0.402. The summed E-state index contributed by atoms with van der Waals surface area (Å²) in [5.74, 6) is -0.188. The highest BCUT2D eigenvalue weighted by atomic mass is 19.4. The minimum atomic E-state index is -4.56. The predicted octanol–water partition coefficient (Wildman–Crippen LogP) is 4.74. The molecule has 2 rings (SSSR count). The van der Waals surface area contributed by atoms with E-state index in [4.69, 9.17) is 10.5 Å². The van der Waals surface area contributed by atoms with E-state index < -0.39 is 11.7 Å². The van der Waals surface area contributed by atoms with E-state index >= 15 is 0 Å². The van der Waals surface area contributed by atoms with Gasteiger partial charge < -0.3 is 15.8 Å². The molecule has 0 amide bonds. The molecule has 6 nitrogen and oxygen atoms in total. The van der Waals surface area contributed by atoms with E-state index in [0.717, 1.165) is 18.9 Å². The number of nitrogens with zero attached hydrogens (tertiary/aromatic N) is 3. The number of nitrogens with one attached hydrogen (secondary N) is 1. The Labute approximate surface area is 162 Å². The van der Waals surface area contributed by atoms with Gasteiger partial charge in [0.1, 0.15) is 5.75 Å². The van der Waals surface area contributed by atoms with Crippen molar-refractivity contribution in [2.75, 3.05) is 11.9 Å². The monoisotopic (exact) mass is 395 g/mol. The summed E-state index contributed by atoms with van der Waals surface area (Å²) in [4.78, 5) is 12.2. The number of guanidine groups is 1. The van der Waals surface area contributed by atoms with Crippen molar-refractivity contribution in [2.45, 2.75) is 46.2 Å². The molecule has 0 radical (unpaired) electrons. The smallest absolute Gasteiger partial charge is 0.420 e. The van der Waals surface area contributed by atoms with Crippen LogP contribution in [0.4, 0.5) is 24.8 Å². The van der Waals surface area contributed by atoms with E-state index in [2.05, 4.69) is 20.3 Å². The third-order valence-electron chi connectivity index (χ3n) is 3.75. The van der Waals surface area contributed by atoms with Gasteiger partial charge in [-0.2, -0.15) is 18.2 Å². The van der Waals surface area contributed by atoms with Crippen molar-refractivity contribution in [3.8, 4) is 5.75 Å². The molecule has 152 valence electrons. The largest absolute Gasteiger partial charge is 0.493 e. The Morgan fingerprint density at radius 3 is 2.43 bits per heavy atom. The fourth-order valence-corrected chi connectivity index (χ4v) is 2.53. The van der Waals surface area contributed by atoms with Crippen LogP contribution in [0.5, 0.6) is 5.75 Å². The van der Waals surface area contributed by atoms with Gasteiger partial charge in [-0.05, 0) is 44.5 Å². The fourth-order valence-electron chi connectivity index (χ4n) is 2.53. The normalized spacial score (nSPS) is 12.1. The van der Waals surface area contributed by atoms with Crippen LogP contribution in [0.15, 0.2) is 29.3 Å². The summed E-state index contributed by atoms with van der Waals surface area (Å²) in [6.45, 7) is 5.81. The van der Waals surface area contributed by atoms with Crippen molar-refractivity contribution >= 4 is 17.6 Å². The van der Waals surface area contributed by atoms with E-state index in [1.807, 2.05) is 6.92 Å². The molecule has 28 heavy (non-hydrogen) atoms. The molecule has 0 unspecified atom stereocenters. The first-order valence-electron chi connectivity index (χ1n) is 8.96. The maximum Gasteiger partial charge on any atom is 0.420 e. The highest BCUT2D eigenvalue weighted by Crippen LogP contribution is 2.38. The fraction of sp³-hybridized carbons (Fsp3) is 0.421. The van der Waals surface area contributed by atoms with Gasteiger partial charge in [-0.1, -0.05) is 19.8 Å². The predicted molar refractivity (Wildman–Crippen MR) is 103 cm³/mol. The van der Waals surface area contributed by atoms with Crippen molar-refractivity contribution in [2.24, 2.45) is 10.7 Å². The van der Waals surface area contributed by atoms with E-state index in [0.29, 0.717) is 17.8 Å². The van der Waals surface area contributed by atoms with Crippen molar-refractivity contribution in [3.05, 3.63) is 41.2 Å². The number of nitrogens with two attached hydrogens (primary N) is 1. The first-order chi connectivity index (χ1) is 13.2. The van der Waals surface area contributed by atoms with Gasteiger partial charge >= 0.3 is 6.18 Å². The number of aliphatic imine (C=N–C) groups is 1. The SMILES string of the molecule is CCCCCOc1ccc(N/C(N)=N/c2nc(C)cc(C)n2)cc1C(F)(F)F. The minimum absolute atomic E-state index is 0.116. The van der Waals surface area contributed by atoms with Crippen LogP contribution in [0.1, 0.15) is 43.1 Å². The molecule has 2 aromatic rings.